The van der Waals surface area contributed by atoms with Gasteiger partial charge in [0.05, 0.1) is 7.11 Å². The van der Waals surface area contributed by atoms with Crippen molar-refractivity contribution in [3.05, 3.63) is 29.6 Å². The van der Waals surface area contributed by atoms with Gasteiger partial charge >= 0.3 is 0 Å². The van der Waals surface area contributed by atoms with Gasteiger partial charge in [-0.2, -0.15) is 0 Å². The highest BCUT2D eigenvalue weighted by Crippen LogP contribution is 2.27. The van der Waals surface area contributed by atoms with Crippen molar-refractivity contribution >= 4 is 12.4 Å². The highest BCUT2D eigenvalue weighted by molar-refractivity contribution is 5.85. The quantitative estimate of drug-likeness (QED) is 0.886. The third-order valence-corrected chi connectivity index (χ3v) is 2.82. The zero-order valence-corrected chi connectivity index (χ0v) is 10.7. The normalized spacial score (nSPS) is 13.8. The first-order chi connectivity index (χ1) is 7.10. The van der Waals surface area contributed by atoms with E-state index in [0.717, 1.165) is 6.42 Å². The van der Waals surface area contributed by atoms with Gasteiger partial charge in [0, 0.05) is 11.6 Å². The van der Waals surface area contributed by atoms with Crippen LogP contribution in [0.1, 0.15) is 31.9 Å². The molecule has 0 saturated heterocycles. The third kappa shape index (κ3) is 3.35. The zero-order valence-electron chi connectivity index (χ0n) is 9.87. The number of rotatable bonds is 4. The van der Waals surface area contributed by atoms with Gasteiger partial charge in [0.15, 0.2) is 0 Å². The summed E-state index contributed by atoms with van der Waals surface area (Å²) in [5.74, 6) is 0.639. The molecule has 2 nitrogen and oxygen atoms in total. The summed E-state index contributed by atoms with van der Waals surface area (Å²) in [7, 11) is 1.56. The molecule has 4 heteroatoms. The number of hydrogen-bond donors (Lipinski definition) is 1. The molecular formula is C12H19ClFNO. The van der Waals surface area contributed by atoms with E-state index in [-0.39, 0.29) is 30.2 Å². The molecule has 0 aromatic heterocycles. The highest BCUT2D eigenvalue weighted by Gasteiger charge is 2.17. The Morgan fingerprint density at radius 3 is 2.56 bits per heavy atom. The molecule has 92 valence electrons. The molecule has 2 N–H and O–H groups in total. The van der Waals surface area contributed by atoms with Crippen molar-refractivity contribution in [2.24, 2.45) is 11.7 Å². The topological polar surface area (TPSA) is 35.2 Å². The van der Waals surface area contributed by atoms with Gasteiger partial charge in [0.2, 0.25) is 0 Å². The van der Waals surface area contributed by atoms with Gasteiger partial charge in [0.1, 0.15) is 11.6 Å². The number of halogens is 2. The maximum atomic E-state index is 13.5. The molecule has 1 unspecified atom stereocenters. The summed E-state index contributed by atoms with van der Waals surface area (Å²) in [4.78, 5) is 0. The molecule has 1 aromatic carbocycles. The SMILES string of the molecule is CCC(C)[C@H](N)c1cc(OC)ccc1F.Cl. The maximum absolute atomic E-state index is 13.5. The molecule has 1 aromatic rings. The van der Waals surface area contributed by atoms with Gasteiger partial charge in [-0.15, -0.1) is 12.4 Å². The molecule has 0 aliphatic carbocycles. The Bertz CT molecular complexity index is 333. The third-order valence-electron chi connectivity index (χ3n) is 2.82. The minimum Gasteiger partial charge on any atom is -0.497 e. The Kier molecular flexibility index (Phi) is 6.38. The Balaban J connectivity index is 0.00000225. The number of benzene rings is 1. The Hall–Kier alpha value is -0.800. The van der Waals surface area contributed by atoms with Crippen LogP contribution in [0, 0.1) is 11.7 Å². The van der Waals surface area contributed by atoms with Gasteiger partial charge in [-0.1, -0.05) is 20.3 Å². The van der Waals surface area contributed by atoms with E-state index < -0.39 is 0 Å². The van der Waals surface area contributed by atoms with Gasteiger partial charge in [-0.25, -0.2) is 4.39 Å². The van der Waals surface area contributed by atoms with Crippen LogP contribution in [0.2, 0.25) is 0 Å². The van der Waals surface area contributed by atoms with E-state index in [1.165, 1.54) is 6.07 Å². The van der Waals surface area contributed by atoms with E-state index in [9.17, 15) is 4.39 Å². The van der Waals surface area contributed by atoms with Gasteiger partial charge < -0.3 is 10.5 Å². The lowest BCUT2D eigenvalue weighted by Gasteiger charge is -2.19. The molecule has 0 aliphatic rings. The lowest BCUT2D eigenvalue weighted by Crippen LogP contribution is -2.19. The first-order valence-electron chi connectivity index (χ1n) is 5.19. The van der Waals surface area contributed by atoms with E-state index >= 15 is 0 Å². The molecule has 2 atom stereocenters. The summed E-state index contributed by atoms with van der Waals surface area (Å²) >= 11 is 0. The van der Waals surface area contributed by atoms with Gasteiger partial charge in [-0.3, -0.25) is 0 Å². The number of methoxy groups -OCH3 is 1. The Morgan fingerprint density at radius 1 is 1.44 bits per heavy atom. The molecule has 0 bridgehead atoms. The van der Waals surface area contributed by atoms with Crippen molar-refractivity contribution in [3.8, 4) is 5.75 Å². The monoisotopic (exact) mass is 247 g/mol. The fraction of sp³-hybridized carbons (Fsp3) is 0.500. The van der Waals surface area contributed by atoms with Crippen LogP contribution in [-0.4, -0.2) is 7.11 Å². The van der Waals surface area contributed by atoms with Crippen LogP contribution < -0.4 is 10.5 Å². The smallest absolute Gasteiger partial charge is 0.128 e. The average Bonchev–Trinajstić information content (AvgIpc) is 2.27. The maximum Gasteiger partial charge on any atom is 0.128 e. The van der Waals surface area contributed by atoms with Crippen LogP contribution in [0.25, 0.3) is 0 Å². The predicted octanol–water partition coefficient (Wildman–Crippen LogP) is 3.30. The number of nitrogens with two attached hydrogens (primary N) is 1. The van der Waals surface area contributed by atoms with Crippen LogP contribution in [0.5, 0.6) is 5.75 Å². The molecule has 16 heavy (non-hydrogen) atoms. The molecule has 0 radical (unpaired) electrons. The summed E-state index contributed by atoms with van der Waals surface area (Å²) in [6.45, 7) is 4.06. The molecule has 0 amide bonds. The van der Waals surface area contributed by atoms with E-state index in [0.29, 0.717) is 11.3 Å². The van der Waals surface area contributed by atoms with Crippen molar-refractivity contribution in [1.29, 1.82) is 0 Å². The lowest BCUT2D eigenvalue weighted by atomic mass is 9.93. The highest BCUT2D eigenvalue weighted by atomic mass is 35.5. The van der Waals surface area contributed by atoms with Crippen LogP contribution in [0.15, 0.2) is 18.2 Å². The molecule has 1 rings (SSSR count). The lowest BCUT2D eigenvalue weighted by molar-refractivity contribution is 0.405. The van der Waals surface area contributed by atoms with Crippen LogP contribution in [0.3, 0.4) is 0 Å². The minimum atomic E-state index is -0.273. The standard InChI is InChI=1S/C12H18FNO.ClH/c1-4-8(2)12(14)10-7-9(15-3)5-6-11(10)13;/h5-8,12H,4,14H2,1-3H3;1H/t8?,12-;/m0./s1. The average molecular weight is 248 g/mol. The summed E-state index contributed by atoms with van der Waals surface area (Å²) in [6.07, 6.45) is 0.928. The van der Waals surface area contributed by atoms with Crippen molar-refractivity contribution in [2.45, 2.75) is 26.3 Å². The Labute approximate surface area is 102 Å². The summed E-state index contributed by atoms with van der Waals surface area (Å²) in [5.41, 5.74) is 6.51. The zero-order chi connectivity index (χ0) is 11.4. The van der Waals surface area contributed by atoms with Crippen LogP contribution in [-0.2, 0) is 0 Å². The molecule has 0 heterocycles. The predicted molar refractivity (Wildman–Crippen MR) is 66.6 cm³/mol. The first-order valence-corrected chi connectivity index (χ1v) is 5.19. The minimum absolute atomic E-state index is 0. The van der Waals surface area contributed by atoms with E-state index in [1.54, 1.807) is 19.2 Å². The fourth-order valence-electron chi connectivity index (χ4n) is 1.46. The molecular weight excluding hydrogens is 229 g/mol. The molecule has 0 aliphatic heterocycles. The summed E-state index contributed by atoms with van der Waals surface area (Å²) in [6, 6.07) is 4.40. The van der Waals surface area contributed by atoms with Crippen molar-refractivity contribution in [1.82, 2.24) is 0 Å². The van der Waals surface area contributed by atoms with Crippen molar-refractivity contribution in [3.63, 3.8) is 0 Å². The van der Waals surface area contributed by atoms with E-state index in [4.69, 9.17) is 10.5 Å². The second-order valence-corrected chi connectivity index (χ2v) is 3.80. The number of ether oxygens (including phenoxy) is 1. The number of hydrogen-bond acceptors (Lipinski definition) is 2. The summed E-state index contributed by atoms with van der Waals surface area (Å²) < 4.78 is 18.6. The van der Waals surface area contributed by atoms with Crippen LogP contribution >= 0.6 is 12.4 Å². The summed E-state index contributed by atoms with van der Waals surface area (Å²) in [5, 5.41) is 0. The van der Waals surface area contributed by atoms with Crippen LogP contribution in [0.4, 0.5) is 4.39 Å². The molecule has 0 saturated carbocycles. The largest absolute Gasteiger partial charge is 0.497 e. The second kappa shape index (κ2) is 6.71. The van der Waals surface area contributed by atoms with E-state index in [2.05, 4.69) is 0 Å². The van der Waals surface area contributed by atoms with Gasteiger partial charge in [-0.05, 0) is 24.1 Å². The molecule has 0 spiro atoms. The van der Waals surface area contributed by atoms with Crippen molar-refractivity contribution in [2.75, 3.05) is 7.11 Å². The van der Waals surface area contributed by atoms with Gasteiger partial charge in [0.25, 0.3) is 0 Å². The van der Waals surface area contributed by atoms with E-state index in [1.807, 2.05) is 13.8 Å². The Morgan fingerprint density at radius 2 is 2.06 bits per heavy atom. The fourth-order valence-corrected chi connectivity index (χ4v) is 1.46. The van der Waals surface area contributed by atoms with Crippen molar-refractivity contribution < 1.29 is 9.13 Å². The second-order valence-electron chi connectivity index (χ2n) is 3.80. The first kappa shape index (κ1) is 15.2. The molecule has 0 fully saturated rings.